The minimum absolute atomic E-state index is 0.0371. The zero-order valence-electron chi connectivity index (χ0n) is 14.5. The van der Waals surface area contributed by atoms with Gasteiger partial charge in [-0.05, 0) is 87.4 Å². The zero-order valence-corrected chi connectivity index (χ0v) is 17.7. The molecule has 0 aliphatic heterocycles. The summed E-state index contributed by atoms with van der Waals surface area (Å²) < 4.78 is 12.6. The molecule has 1 atom stereocenters. The molecule has 0 saturated carbocycles. The summed E-state index contributed by atoms with van der Waals surface area (Å²) in [7, 11) is 1.56. The first kappa shape index (κ1) is 21.3. The number of rotatable bonds is 9. The van der Waals surface area contributed by atoms with Crippen molar-refractivity contribution in [3.63, 3.8) is 0 Å². The number of hydrogen-bond acceptors (Lipinski definition) is 5. The third kappa shape index (κ3) is 5.27. The summed E-state index contributed by atoms with van der Waals surface area (Å²) in [6.45, 7) is 0.181. The minimum Gasteiger partial charge on any atom is -0.452 e. The molecule has 1 unspecified atom stereocenters. The predicted molar refractivity (Wildman–Crippen MR) is 106 cm³/mol. The third-order valence-corrected chi connectivity index (χ3v) is 5.34. The van der Waals surface area contributed by atoms with Crippen molar-refractivity contribution in [2.45, 2.75) is 31.3 Å². The van der Waals surface area contributed by atoms with Crippen LogP contribution in [-0.4, -0.2) is 41.9 Å². The van der Waals surface area contributed by atoms with E-state index in [2.05, 4.69) is 31.9 Å². The molecule has 2 N–H and O–H groups in total. The largest absolute Gasteiger partial charge is 0.452 e. The molecule has 0 spiro atoms. The fraction of sp³-hybridized carbons (Fsp3) is 0.421. The van der Waals surface area contributed by atoms with Crippen molar-refractivity contribution in [3.8, 4) is 5.75 Å². The van der Waals surface area contributed by atoms with E-state index >= 15 is 0 Å². The molecule has 0 bridgehead atoms. The number of ketones is 1. The van der Waals surface area contributed by atoms with Gasteiger partial charge in [-0.15, -0.1) is 0 Å². The van der Waals surface area contributed by atoms with E-state index in [9.17, 15) is 4.79 Å². The van der Waals surface area contributed by atoms with Gasteiger partial charge in [0.15, 0.2) is 5.76 Å². The molecule has 0 aromatic heterocycles. The molecule has 1 aromatic rings. The zero-order chi connectivity index (χ0) is 19.2. The first-order chi connectivity index (χ1) is 12.4. The van der Waals surface area contributed by atoms with Crippen molar-refractivity contribution in [2.75, 3.05) is 20.3 Å². The Bertz CT molecular complexity index is 714. The summed E-state index contributed by atoms with van der Waals surface area (Å²) >= 11 is 6.76. The maximum Gasteiger partial charge on any atom is 0.234 e. The van der Waals surface area contributed by atoms with Gasteiger partial charge in [0.2, 0.25) is 5.78 Å². The van der Waals surface area contributed by atoms with Crippen LogP contribution in [-0.2, 0) is 16.0 Å². The number of hydrogen-bond donors (Lipinski definition) is 2. The molecule has 1 aromatic carbocycles. The Hall–Kier alpha value is -0.990. The number of methoxy groups -OCH3 is 1. The molecule has 1 aliphatic rings. The van der Waals surface area contributed by atoms with Crippen LogP contribution in [0, 0.1) is 0 Å². The number of allylic oxidation sites excluding steroid dienone is 1. The molecule has 5 nitrogen and oxygen atoms in total. The molecule has 0 heterocycles. The number of carbonyl (C=O) groups excluding carboxylic acids is 1. The number of aryl methyl sites for hydroxylation is 1. The maximum atomic E-state index is 12.5. The van der Waals surface area contributed by atoms with Gasteiger partial charge in [-0.1, -0.05) is 6.07 Å². The molecular formula is C19H22Br2O5. The highest BCUT2D eigenvalue weighted by Gasteiger charge is 2.34. The van der Waals surface area contributed by atoms with Crippen LogP contribution >= 0.6 is 31.9 Å². The topological polar surface area (TPSA) is 76.0 Å². The second-order valence-electron chi connectivity index (χ2n) is 6.01. The maximum absolute atomic E-state index is 12.5. The molecule has 0 fully saturated rings. The molecule has 0 amide bonds. The summed E-state index contributed by atoms with van der Waals surface area (Å²) in [4.78, 5) is 12.5. The molecule has 0 saturated heterocycles. The Kier molecular flexibility index (Phi) is 8.04. The molecule has 1 aliphatic carbocycles. The number of benzene rings is 1. The molecular weight excluding hydrogens is 468 g/mol. The van der Waals surface area contributed by atoms with Gasteiger partial charge < -0.3 is 19.7 Å². The van der Waals surface area contributed by atoms with Gasteiger partial charge in [-0.3, -0.25) is 4.79 Å². The number of halogens is 2. The van der Waals surface area contributed by atoms with Gasteiger partial charge in [0.1, 0.15) is 11.4 Å². The van der Waals surface area contributed by atoms with Crippen molar-refractivity contribution in [1.82, 2.24) is 0 Å². The van der Waals surface area contributed by atoms with Crippen molar-refractivity contribution in [2.24, 2.45) is 0 Å². The standard InChI is InChI=1S/C19H22Br2O5/c1-25-19(7-3-9-23)11-15(21)18(24)17(12-19)26-16-6-5-13(4-2-8-22)10-14(16)20/h5-6,10-12,22-23H,2-4,7-9H2,1H3. The predicted octanol–water partition coefficient (Wildman–Crippen LogP) is 3.66. The Balaban J connectivity index is 2.26. The van der Waals surface area contributed by atoms with E-state index in [-0.39, 0.29) is 24.8 Å². The fourth-order valence-electron chi connectivity index (χ4n) is 2.71. The number of aliphatic hydroxyl groups excluding tert-OH is 2. The number of Topliss-reactive ketones (excluding diaryl/α,β-unsaturated/α-hetero) is 1. The lowest BCUT2D eigenvalue weighted by molar-refractivity contribution is -0.114. The first-order valence-electron chi connectivity index (χ1n) is 8.34. The summed E-state index contributed by atoms with van der Waals surface area (Å²) in [5.74, 6) is 0.424. The molecule has 0 radical (unpaired) electrons. The number of ether oxygens (including phenoxy) is 2. The van der Waals surface area contributed by atoms with Crippen LogP contribution < -0.4 is 4.74 Å². The Morgan fingerprint density at radius 1 is 1.12 bits per heavy atom. The van der Waals surface area contributed by atoms with E-state index in [1.807, 2.05) is 12.1 Å². The van der Waals surface area contributed by atoms with E-state index in [1.165, 1.54) is 0 Å². The van der Waals surface area contributed by atoms with Crippen LogP contribution in [0.3, 0.4) is 0 Å². The van der Waals surface area contributed by atoms with Crippen molar-refractivity contribution in [3.05, 3.63) is 50.6 Å². The van der Waals surface area contributed by atoms with Crippen LogP contribution in [0.2, 0.25) is 0 Å². The van der Waals surface area contributed by atoms with E-state index < -0.39 is 5.60 Å². The number of aliphatic hydroxyl groups is 2. The van der Waals surface area contributed by atoms with E-state index in [0.29, 0.717) is 29.5 Å². The molecule has 7 heteroatoms. The van der Waals surface area contributed by atoms with Crippen LogP contribution in [0.25, 0.3) is 0 Å². The normalized spacial score (nSPS) is 20.0. The monoisotopic (exact) mass is 488 g/mol. The molecule has 26 heavy (non-hydrogen) atoms. The fourth-order valence-corrected chi connectivity index (χ4v) is 3.80. The first-order valence-corrected chi connectivity index (χ1v) is 9.92. The second kappa shape index (κ2) is 9.80. The van der Waals surface area contributed by atoms with Gasteiger partial charge >= 0.3 is 0 Å². The minimum atomic E-state index is -0.807. The van der Waals surface area contributed by atoms with Crippen LogP contribution in [0.5, 0.6) is 5.75 Å². The van der Waals surface area contributed by atoms with Crippen molar-refractivity contribution in [1.29, 1.82) is 0 Å². The highest BCUT2D eigenvalue weighted by Crippen LogP contribution is 2.35. The lowest BCUT2D eigenvalue weighted by Crippen LogP contribution is -2.33. The Morgan fingerprint density at radius 3 is 2.46 bits per heavy atom. The Labute approximate surface area is 170 Å². The van der Waals surface area contributed by atoms with Crippen LogP contribution in [0.15, 0.2) is 45.1 Å². The summed E-state index contributed by atoms with van der Waals surface area (Å²) in [5.41, 5.74) is 0.260. The van der Waals surface area contributed by atoms with E-state index in [1.54, 1.807) is 25.3 Å². The van der Waals surface area contributed by atoms with Crippen molar-refractivity contribution < 1.29 is 24.5 Å². The van der Waals surface area contributed by atoms with Gasteiger partial charge in [-0.25, -0.2) is 0 Å². The Morgan fingerprint density at radius 2 is 1.85 bits per heavy atom. The van der Waals surface area contributed by atoms with E-state index in [4.69, 9.17) is 19.7 Å². The van der Waals surface area contributed by atoms with Gasteiger partial charge in [0.05, 0.1) is 8.96 Å². The highest BCUT2D eigenvalue weighted by molar-refractivity contribution is 9.12. The average Bonchev–Trinajstić information content (AvgIpc) is 2.64. The third-order valence-electron chi connectivity index (χ3n) is 4.13. The van der Waals surface area contributed by atoms with Crippen molar-refractivity contribution >= 4 is 37.6 Å². The summed E-state index contributed by atoms with van der Waals surface area (Å²) in [6.07, 6.45) is 5.86. The highest BCUT2D eigenvalue weighted by atomic mass is 79.9. The lowest BCUT2D eigenvalue weighted by atomic mass is 9.91. The van der Waals surface area contributed by atoms with Gasteiger partial charge in [-0.2, -0.15) is 0 Å². The smallest absolute Gasteiger partial charge is 0.234 e. The quantitative estimate of drug-likeness (QED) is 0.553. The number of carbonyl (C=O) groups is 1. The van der Waals surface area contributed by atoms with Gasteiger partial charge in [0, 0.05) is 20.3 Å². The van der Waals surface area contributed by atoms with Gasteiger partial charge in [0.25, 0.3) is 0 Å². The second-order valence-corrected chi connectivity index (χ2v) is 7.72. The van der Waals surface area contributed by atoms with Crippen LogP contribution in [0.4, 0.5) is 0 Å². The molecule has 142 valence electrons. The summed E-state index contributed by atoms with van der Waals surface area (Å²) in [5, 5.41) is 18.1. The lowest BCUT2D eigenvalue weighted by Gasteiger charge is -2.30. The van der Waals surface area contributed by atoms with E-state index in [0.717, 1.165) is 16.5 Å². The average molecular weight is 490 g/mol. The summed E-state index contributed by atoms with van der Waals surface area (Å²) in [6, 6.07) is 5.61. The SMILES string of the molecule is COC1(CCCO)C=C(Br)C(=O)C(Oc2ccc(CCCO)cc2Br)=C1. The van der Waals surface area contributed by atoms with Crippen LogP contribution in [0.1, 0.15) is 24.8 Å². The molecule has 2 rings (SSSR count).